The summed E-state index contributed by atoms with van der Waals surface area (Å²) >= 11 is 0. The second-order valence-corrected chi connectivity index (χ2v) is 11.4. The molecule has 0 aromatic heterocycles. The fourth-order valence-corrected chi connectivity index (χ4v) is 5.94. The van der Waals surface area contributed by atoms with E-state index in [0.717, 1.165) is 49.5 Å². The second-order valence-electron chi connectivity index (χ2n) is 11.4. The van der Waals surface area contributed by atoms with Crippen LogP contribution in [0.15, 0.2) is 36.4 Å². The van der Waals surface area contributed by atoms with Gasteiger partial charge in [-0.05, 0) is 66.8 Å². The smallest absolute Gasteiger partial charge is 0.343 e. The molecule has 0 aliphatic heterocycles. The van der Waals surface area contributed by atoms with Gasteiger partial charge in [0.2, 0.25) is 0 Å². The molecular weight excluding hydrogens is 480 g/mol. The van der Waals surface area contributed by atoms with Crippen LogP contribution in [0.25, 0.3) is 0 Å². The highest BCUT2D eigenvalue weighted by Gasteiger charge is 2.21. The Kier molecular flexibility index (Phi) is 13.1. The Hall–Kier alpha value is -3.11. The lowest BCUT2D eigenvalue weighted by Gasteiger charge is -2.28. The first-order valence-electron chi connectivity index (χ1n) is 15.4. The minimum absolute atomic E-state index is 0.140. The van der Waals surface area contributed by atoms with E-state index in [9.17, 15) is 15.3 Å². The van der Waals surface area contributed by atoms with E-state index in [1.54, 1.807) is 24.3 Å². The van der Waals surface area contributed by atoms with Gasteiger partial charge in [0.25, 0.3) is 0 Å². The number of ether oxygens (including phenoxy) is 1. The van der Waals surface area contributed by atoms with Crippen LogP contribution in [-0.4, -0.2) is 5.97 Å². The number of nitriles is 2. The normalized spacial score (nSPS) is 16.8. The van der Waals surface area contributed by atoms with E-state index in [0.29, 0.717) is 11.1 Å². The summed E-state index contributed by atoms with van der Waals surface area (Å²) in [5.41, 5.74) is 2.97. The van der Waals surface area contributed by atoms with Crippen molar-refractivity contribution in [3.05, 3.63) is 64.2 Å². The summed E-state index contributed by atoms with van der Waals surface area (Å²) in [6.07, 6.45) is 19.9. The van der Waals surface area contributed by atoms with Crippen molar-refractivity contribution in [2.75, 3.05) is 0 Å². The number of unbranched alkanes of at least 4 members (excludes halogenated alkanes) is 5. The maximum atomic E-state index is 12.8. The number of hydrogen-bond donors (Lipinski definition) is 0. The molecule has 3 rings (SSSR count). The van der Waals surface area contributed by atoms with Crippen molar-refractivity contribution >= 4 is 5.97 Å². The van der Waals surface area contributed by atoms with Crippen LogP contribution in [0.3, 0.4) is 0 Å². The average Bonchev–Trinajstić information content (AvgIpc) is 2.97. The van der Waals surface area contributed by atoms with Crippen LogP contribution in [0, 0.1) is 34.5 Å². The Balaban J connectivity index is 1.45. The molecule has 0 bridgehead atoms. The van der Waals surface area contributed by atoms with Gasteiger partial charge in [0.15, 0.2) is 0 Å². The van der Waals surface area contributed by atoms with Crippen LogP contribution in [0.1, 0.15) is 136 Å². The zero-order valence-electron chi connectivity index (χ0n) is 24.1. The van der Waals surface area contributed by atoms with Crippen molar-refractivity contribution in [2.24, 2.45) is 11.8 Å². The van der Waals surface area contributed by atoms with Crippen molar-refractivity contribution < 1.29 is 9.53 Å². The number of rotatable bonds is 15. The highest BCUT2D eigenvalue weighted by Crippen LogP contribution is 2.34. The molecule has 0 atom stereocenters. The van der Waals surface area contributed by atoms with Gasteiger partial charge in [-0.1, -0.05) is 109 Å². The standard InChI is InChI=1S/C35H46N2O2/c1-3-5-7-11-27-15-17-28(18-16-27)12-9-10-13-29-19-21-31(22-20-29)35(38)39-34-24-23-30(14-8-6-4-2)32(25-36)33(34)26-37/h19-24,27-28H,3-18H2,1-2H3. The number of benzene rings is 2. The molecule has 0 amide bonds. The quantitative estimate of drug-likeness (QED) is 0.132. The van der Waals surface area contributed by atoms with Gasteiger partial charge in [-0.2, -0.15) is 10.5 Å². The van der Waals surface area contributed by atoms with E-state index >= 15 is 0 Å². The fourth-order valence-electron chi connectivity index (χ4n) is 5.94. The fraction of sp³-hybridized carbons (Fsp3) is 0.571. The van der Waals surface area contributed by atoms with Gasteiger partial charge in [-0.25, -0.2) is 4.79 Å². The predicted octanol–water partition coefficient (Wildman–Crippen LogP) is 9.48. The minimum atomic E-state index is -0.508. The van der Waals surface area contributed by atoms with E-state index in [1.807, 2.05) is 12.1 Å². The van der Waals surface area contributed by atoms with Gasteiger partial charge in [0, 0.05) is 0 Å². The summed E-state index contributed by atoms with van der Waals surface area (Å²) in [5.74, 6) is 1.53. The van der Waals surface area contributed by atoms with Crippen molar-refractivity contribution in [2.45, 2.75) is 117 Å². The van der Waals surface area contributed by atoms with Crippen LogP contribution >= 0.6 is 0 Å². The van der Waals surface area contributed by atoms with Gasteiger partial charge < -0.3 is 4.74 Å². The highest BCUT2D eigenvalue weighted by molar-refractivity contribution is 5.91. The predicted molar refractivity (Wildman–Crippen MR) is 158 cm³/mol. The number of carbonyl (C=O) groups is 1. The third-order valence-corrected chi connectivity index (χ3v) is 8.43. The first-order valence-corrected chi connectivity index (χ1v) is 15.4. The number of esters is 1. The number of carbonyl (C=O) groups excluding carboxylic acids is 1. The molecule has 4 heteroatoms. The monoisotopic (exact) mass is 526 g/mol. The van der Waals surface area contributed by atoms with Crippen LogP contribution in [0.4, 0.5) is 0 Å². The zero-order valence-corrected chi connectivity index (χ0v) is 24.1. The summed E-state index contributed by atoms with van der Waals surface area (Å²) in [4.78, 5) is 12.8. The minimum Gasteiger partial charge on any atom is -0.421 e. The van der Waals surface area contributed by atoms with E-state index in [2.05, 4.69) is 26.0 Å². The average molecular weight is 527 g/mol. The van der Waals surface area contributed by atoms with Gasteiger partial charge in [-0.3, -0.25) is 0 Å². The van der Waals surface area contributed by atoms with E-state index < -0.39 is 5.97 Å². The molecule has 0 heterocycles. The third kappa shape index (κ3) is 9.54. The zero-order chi connectivity index (χ0) is 27.9. The molecule has 1 aliphatic rings. The lowest BCUT2D eigenvalue weighted by Crippen LogP contribution is -2.14. The van der Waals surface area contributed by atoms with E-state index in [-0.39, 0.29) is 11.3 Å². The van der Waals surface area contributed by atoms with Gasteiger partial charge >= 0.3 is 5.97 Å². The maximum absolute atomic E-state index is 12.8. The topological polar surface area (TPSA) is 73.9 Å². The van der Waals surface area contributed by atoms with Gasteiger partial charge in [0.05, 0.1) is 11.1 Å². The molecule has 1 aliphatic carbocycles. The second kappa shape index (κ2) is 16.8. The lowest BCUT2D eigenvalue weighted by atomic mass is 9.78. The molecule has 4 nitrogen and oxygen atoms in total. The molecule has 0 spiro atoms. The van der Waals surface area contributed by atoms with Crippen molar-refractivity contribution in [3.63, 3.8) is 0 Å². The van der Waals surface area contributed by atoms with Crippen molar-refractivity contribution in [1.29, 1.82) is 10.5 Å². The molecule has 208 valence electrons. The Morgan fingerprint density at radius 1 is 0.744 bits per heavy atom. The maximum Gasteiger partial charge on any atom is 0.343 e. The van der Waals surface area contributed by atoms with Crippen LogP contribution in [0.5, 0.6) is 5.75 Å². The summed E-state index contributed by atoms with van der Waals surface area (Å²) < 4.78 is 5.57. The Bertz CT molecular complexity index is 1120. The Labute approximate surface area is 236 Å². The molecule has 2 aromatic rings. The third-order valence-electron chi connectivity index (χ3n) is 8.43. The molecule has 1 saturated carbocycles. The molecule has 2 aromatic carbocycles. The Morgan fingerprint density at radius 2 is 1.31 bits per heavy atom. The van der Waals surface area contributed by atoms with Crippen LogP contribution in [-0.2, 0) is 12.8 Å². The van der Waals surface area contributed by atoms with Crippen molar-refractivity contribution in [1.82, 2.24) is 0 Å². The number of hydrogen-bond acceptors (Lipinski definition) is 4. The highest BCUT2D eigenvalue weighted by atomic mass is 16.5. The first-order chi connectivity index (χ1) is 19.1. The largest absolute Gasteiger partial charge is 0.421 e. The molecule has 0 saturated heterocycles. The molecule has 0 radical (unpaired) electrons. The number of nitrogens with zero attached hydrogens (tertiary/aromatic N) is 2. The summed E-state index contributed by atoms with van der Waals surface area (Å²) in [5, 5.41) is 19.4. The van der Waals surface area contributed by atoms with E-state index in [1.165, 1.54) is 76.2 Å². The van der Waals surface area contributed by atoms with Crippen LogP contribution < -0.4 is 4.74 Å². The summed E-state index contributed by atoms with van der Waals surface area (Å²) in [6, 6.07) is 15.3. The SMILES string of the molecule is CCCCCc1ccc(OC(=O)c2ccc(CCCCC3CCC(CCCCC)CC3)cc2)c(C#N)c1C#N. The van der Waals surface area contributed by atoms with E-state index in [4.69, 9.17) is 4.74 Å². The molecule has 0 unspecified atom stereocenters. The molecule has 39 heavy (non-hydrogen) atoms. The molecule has 0 N–H and O–H groups in total. The van der Waals surface area contributed by atoms with Gasteiger partial charge in [0.1, 0.15) is 23.5 Å². The van der Waals surface area contributed by atoms with Crippen LogP contribution in [0.2, 0.25) is 0 Å². The lowest BCUT2D eigenvalue weighted by molar-refractivity contribution is 0.0734. The Morgan fingerprint density at radius 3 is 1.90 bits per heavy atom. The summed E-state index contributed by atoms with van der Waals surface area (Å²) in [6.45, 7) is 4.41. The molecule has 1 fully saturated rings. The number of aryl methyl sites for hydroxylation is 2. The molecular formula is C35H46N2O2. The van der Waals surface area contributed by atoms with Crippen molar-refractivity contribution in [3.8, 4) is 17.9 Å². The first kappa shape index (κ1) is 30.4. The van der Waals surface area contributed by atoms with Gasteiger partial charge in [-0.15, -0.1) is 0 Å². The summed E-state index contributed by atoms with van der Waals surface area (Å²) in [7, 11) is 0.